The molecule has 16 heavy (non-hydrogen) atoms. The van der Waals surface area contributed by atoms with Gasteiger partial charge in [0.2, 0.25) is 0 Å². The fourth-order valence-corrected chi connectivity index (χ4v) is 2.33. The van der Waals surface area contributed by atoms with Crippen LogP contribution in [0.4, 0.5) is 0 Å². The maximum Gasteiger partial charge on any atom is 0.0556 e. The van der Waals surface area contributed by atoms with Crippen LogP contribution < -0.4 is 0 Å². The third-order valence-corrected chi connectivity index (χ3v) is 3.38. The van der Waals surface area contributed by atoms with Crippen molar-refractivity contribution in [2.24, 2.45) is 5.41 Å². The molecule has 0 aliphatic carbocycles. The normalized spacial score (nSPS) is 26.2. The molecule has 0 spiro atoms. The first-order valence-corrected chi connectivity index (χ1v) is 6.28. The Kier molecular flexibility index (Phi) is 6.28. The van der Waals surface area contributed by atoms with Crippen molar-refractivity contribution in [2.45, 2.75) is 26.2 Å². The van der Waals surface area contributed by atoms with E-state index in [1.54, 1.807) is 0 Å². The van der Waals surface area contributed by atoms with Gasteiger partial charge in [-0.15, -0.1) is 0 Å². The van der Waals surface area contributed by atoms with Gasteiger partial charge in [0.05, 0.1) is 13.2 Å². The van der Waals surface area contributed by atoms with Crippen LogP contribution in [-0.2, 0) is 4.74 Å². The Bertz CT molecular complexity index is 181. The Labute approximate surface area is 98.2 Å². The van der Waals surface area contributed by atoms with Crippen molar-refractivity contribution < 1.29 is 14.9 Å². The van der Waals surface area contributed by atoms with Crippen LogP contribution in [0, 0.1) is 5.41 Å². The number of aliphatic hydroxyl groups is 2. The number of nitrogens with zero attached hydrogens (tertiary/aromatic N) is 1. The van der Waals surface area contributed by atoms with Gasteiger partial charge in [0.15, 0.2) is 0 Å². The van der Waals surface area contributed by atoms with Crippen molar-refractivity contribution in [3.8, 4) is 0 Å². The molecule has 1 rings (SSSR count). The largest absolute Gasteiger partial charge is 0.396 e. The summed E-state index contributed by atoms with van der Waals surface area (Å²) in [5.41, 5.74) is -0.0796. The highest BCUT2D eigenvalue weighted by molar-refractivity contribution is 4.84. The highest BCUT2D eigenvalue weighted by atomic mass is 16.5. The summed E-state index contributed by atoms with van der Waals surface area (Å²) in [6.45, 7) is 6.77. The van der Waals surface area contributed by atoms with Crippen LogP contribution >= 0.6 is 0 Å². The van der Waals surface area contributed by atoms with Crippen LogP contribution in [-0.4, -0.2) is 61.2 Å². The van der Waals surface area contributed by atoms with E-state index in [1.165, 1.54) is 0 Å². The van der Waals surface area contributed by atoms with Crippen molar-refractivity contribution in [1.29, 1.82) is 0 Å². The molecule has 0 amide bonds. The van der Waals surface area contributed by atoms with Crippen LogP contribution in [0.5, 0.6) is 0 Å². The molecule has 0 aromatic rings. The first kappa shape index (κ1) is 13.9. The van der Waals surface area contributed by atoms with Crippen LogP contribution in [0.25, 0.3) is 0 Å². The van der Waals surface area contributed by atoms with Crippen molar-refractivity contribution in [3.05, 3.63) is 0 Å². The highest BCUT2D eigenvalue weighted by Gasteiger charge is 2.33. The molecule has 4 nitrogen and oxygen atoms in total. The zero-order valence-electron chi connectivity index (χ0n) is 10.3. The number of hydrogen-bond donors (Lipinski definition) is 2. The Morgan fingerprint density at radius 3 is 2.69 bits per heavy atom. The topological polar surface area (TPSA) is 52.9 Å². The van der Waals surface area contributed by atoms with Gasteiger partial charge >= 0.3 is 0 Å². The van der Waals surface area contributed by atoms with Crippen LogP contribution in [0.1, 0.15) is 26.2 Å². The molecule has 0 aromatic carbocycles. The lowest BCUT2D eigenvalue weighted by molar-refractivity contribution is -0.0551. The lowest BCUT2D eigenvalue weighted by Gasteiger charge is -2.39. The molecule has 2 N–H and O–H groups in total. The lowest BCUT2D eigenvalue weighted by Crippen LogP contribution is -2.46. The van der Waals surface area contributed by atoms with Gasteiger partial charge in [0.1, 0.15) is 0 Å². The summed E-state index contributed by atoms with van der Waals surface area (Å²) in [6, 6.07) is 0. The minimum Gasteiger partial charge on any atom is -0.396 e. The van der Waals surface area contributed by atoms with Gasteiger partial charge in [0.25, 0.3) is 0 Å². The predicted octanol–water partition coefficient (Wildman–Crippen LogP) is 0.480. The van der Waals surface area contributed by atoms with Gasteiger partial charge in [0, 0.05) is 31.7 Å². The molecule has 1 heterocycles. The third kappa shape index (κ3) is 4.01. The fraction of sp³-hybridized carbons (Fsp3) is 1.00. The summed E-state index contributed by atoms with van der Waals surface area (Å²) in [6.07, 6.45) is 2.88. The molecule has 0 radical (unpaired) electrons. The summed E-state index contributed by atoms with van der Waals surface area (Å²) in [5, 5.41) is 18.4. The van der Waals surface area contributed by atoms with Crippen molar-refractivity contribution >= 4 is 0 Å². The Morgan fingerprint density at radius 2 is 2.19 bits per heavy atom. The van der Waals surface area contributed by atoms with Crippen molar-refractivity contribution in [3.63, 3.8) is 0 Å². The van der Waals surface area contributed by atoms with E-state index in [0.29, 0.717) is 6.61 Å². The van der Waals surface area contributed by atoms with E-state index >= 15 is 0 Å². The minimum atomic E-state index is -0.0796. The van der Waals surface area contributed by atoms with Gasteiger partial charge < -0.3 is 19.8 Å². The molecule has 0 saturated carbocycles. The molecule has 1 atom stereocenters. The van der Waals surface area contributed by atoms with Gasteiger partial charge in [-0.25, -0.2) is 0 Å². The van der Waals surface area contributed by atoms with E-state index in [2.05, 4.69) is 11.8 Å². The van der Waals surface area contributed by atoms with E-state index in [4.69, 9.17) is 9.84 Å². The summed E-state index contributed by atoms with van der Waals surface area (Å²) in [5.74, 6) is 0. The Morgan fingerprint density at radius 1 is 1.38 bits per heavy atom. The average molecular weight is 231 g/mol. The second kappa shape index (κ2) is 7.22. The van der Waals surface area contributed by atoms with Gasteiger partial charge in [-0.3, -0.25) is 0 Å². The van der Waals surface area contributed by atoms with Gasteiger partial charge in [-0.1, -0.05) is 6.92 Å². The highest BCUT2D eigenvalue weighted by Crippen LogP contribution is 2.29. The molecule has 1 aliphatic heterocycles. The molecule has 1 unspecified atom stereocenters. The zero-order chi connectivity index (χ0) is 11.9. The van der Waals surface area contributed by atoms with E-state index in [-0.39, 0.29) is 18.6 Å². The third-order valence-electron chi connectivity index (χ3n) is 3.38. The predicted molar refractivity (Wildman–Crippen MR) is 63.4 cm³/mol. The molecular formula is C12H25NO3. The standard InChI is InChI=1S/C12H25NO3/c1-2-13(6-4-7-14)9-12(10-15)5-3-8-16-11-12/h14-15H,2-11H2,1H3. The summed E-state index contributed by atoms with van der Waals surface area (Å²) < 4.78 is 5.49. The second-order valence-corrected chi connectivity index (χ2v) is 4.76. The smallest absolute Gasteiger partial charge is 0.0556 e. The average Bonchev–Trinajstić information content (AvgIpc) is 2.35. The molecule has 4 heteroatoms. The van der Waals surface area contributed by atoms with Gasteiger partial charge in [-0.05, 0) is 25.8 Å². The van der Waals surface area contributed by atoms with E-state index < -0.39 is 0 Å². The maximum absolute atomic E-state index is 9.56. The number of ether oxygens (including phenoxy) is 1. The summed E-state index contributed by atoms with van der Waals surface area (Å²) in [7, 11) is 0. The van der Waals surface area contributed by atoms with Crippen LogP contribution in [0.2, 0.25) is 0 Å². The molecule has 1 aliphatic rings. The Hall–Kier alpha value is -0.160. The maximum atomic E-state index is 9.56. The second-order valence-electron chi connectivity index (χ2n) is 4.76. The quantitative estimate of drug-likeness (QED) is 0.669. The number of aliphatic hydroxyl groups excluding tert-OH is 2. The monoisotopic (exact) mass is 231 g/mol. The molecule has 1 fully saturated rings. The molecule has 96 valence electrons. The van der Waals surface area contributed by atoms with E-state index in [0.717, 1.165) is 45.5 Å². The SMILES string of the molecule is CCN(CCCO)CC1(CO)CCCOC1. The van der Waals surface area contributed by atoms with Crippen LogP contribution in [0.3, 0.4) is 0 Å². The van der Waals surface area contributed by atoms with E-state index in [1.807, 2.05) is 0 Å². The first-order valence-electron chi connectivity index (χ1n) is 6.28. The molecule has 0 aromatic heterocycles. The lowest BCUT2D eigenvalue weighted by atomic mass is 9.82. The zero-order valence-corrected chi connectivity index (χ0v) is 10.3. The molecule has 0 bridgehead atoms. The van der Waals surface area contributed by atoms with Crippen molar-refractivity contribution in [2.75, 3.05) is 46.1 Å². The van der Waals surface area contributed by atoms with Crippen molar-refractivity contribution in [1.82, 2.24) is 4.90 Å². The molecular weight excluding hydrogens is 206 g/mol. The minimum absolute atomic E-state index is 0.0796. The number of rotatable bonds is 7. The van der Waals surface area contributed by atoms with Crippen LogP contribution in [0.15, 0.2) is 0 Å². The molecule has 1 saturated heterocycles. The summed E-state index contributed by atoms with van der Waals surface area (Å²) >= 11 is 0. The fourth-order valence-electron chi connectivity index (χ4n) is 2.33. The first-order chi connectivity index (χ1) is 7.76. The summed E-state index contributed by atoms with van der Waals surface area (Å²) in [4.78, 5) is 2.29. The number of hydrogen-bond acceptors (Lipinski definition) is 4. The Balaban J connectivity index is 2.45. The van der Waals surface area contributed by atoms with Gasteiger partial charge in [-0.2, -0.15) is 0 Å². The van der Waals surface area contributed by atoms with E-state index in [9.17, 15) is 5.11 Å².